The van der Waals surface area contributed by atoms with Gasteiger partial charge in [-0.25, -0.2) is 4.98 Å². The second kappa shape index (κ2) is 5.83. The van der Waals surface area contributed by atoms with Gasteiger partial charge in [0.1, 0.15) is 6.33 Å². The molecule has 0 bridgehead atoms. The first-order valence-electron chi connectivity index (χ1n) is 7.16. The van der Waals surface area contributed by atoms with E-state index in [4.69, 9.17) is 0 Å². The van der Waals surface area contributed by atoms with Crippen molar-refractivity contribution in [2.24, 2.45) is 5.92 Å². The van der Waals surface area contributed by atoms with Crippen molar-refractivity contribution in [3.63, 3.8) is 0 Å². The van der Waals surface area contributed by atoms with Crippen LogP contribution in [0.25, 0.3) is 0 Å². The monoisotopic (exact) mass is 250 g/mol. The van der Waals surface area contributed by atoms with Crippen LogP contribution in [0.3, 0.4) is 0 Å². The molecule has 0 aliphatic heterocycles. The van der Waals surface area contributed by atoms with Gasteiger partial charge in [0.05, 0.1) is 6.54 Å². The summed E-state index contributed by atoms with van der Waals surface area (Å²) in [7, 11) is 0. The normalized spacial score (nSPS) is 17.5. The van der Waals surface area contributed by atoms with Crippen LogP contribution in [0.15, 0.2) is 6.33 Å². The van der Waals surface area contributed by atoms with Gasteiger partial charge in [0, 0.05) is 12.1 Å². The van der Waals surface area contributed by atoms with E-state index in [9.17, 15) is 0 Å². The molecule has 1 aliphatic rings. The smallest absolute Gasteiger partial charge is 0.164 e. The molecule has 1 N–H and O–H groups in total. The maximum Gasteiger partial charge on any atom is 0.164 e. The highest BCUT2D eigenvalue weighted by molar-refractivity contribution is 4.84. The maximum absolute atomic E-state index is 4.52. The van der Waals surface area contributed by atoms with Crippen LogP contribution in [0.1, 0.15) is 58.7 Å². The fourth-order valence-corrected chi connectivity index (χ4v) is 2.48. The summed E-state index contributed by atoms with van der Waals surface area (Å²) in [5, 5.41) is 7.93. The second-order valence-corrected chi connectivity index (χ2v) is 6.47. The molecule has 1 fully saturated rings. The van der Waals surface area contributed by atoms with Gasteiger partial charge in [-0.05, 0) is 33.1 Å². The van der Waals surface area contributed by atoms with Crippen molar-refractivity contribution in [3.8, 4) is 0 Å². The summed E-state index contributed by atoms with van der Waals surface area (Å²) in [5.74, 6) is 1.82. The second-order valence-electron chi connectivity index (χ2n) is 6.47. The molecule has 102 valence electrons. The van der Waals surface area contributed by atoms with E-state index in [-0.39, 0.29) is 5.54 Å². The lowest BCUT2D eigenvalue weighted by Gasteiger charge is -2.19. The van der Waals surface area contributed by atoms with Crippen LogP contribution < -0.4 is 5.32 Å². The zero-order chi connectivity index (χ0) is 13.0. The lowest BCUT2D eigenvalue weighted by Crippen LogP contribution is -2.35. The molecule has 0 saturated heterocycles. The van der Waals surface area contributed by atoms with E-state index in [1.54, 1.807) is 0 Å². The lowest BCUT2D eigenvalue weighted by molar-refractivity contribution is 0.412. The first-order valence-corrected chi connectivity index (χ1v) is 7.16. The van der Waals surface area contributed by atoms with Crippen molar-refractivity contribution in [1.82, 2.24) is 20.1 Å². The first kappa shape index (κ1) is 13.5. The predicted octanol–water partition coefficient (Wildman–Crippen LogP) is 2.75. The van der Waals surface area contributed by atoms with Gasteiger partial charge in [-0.2, -0.15) is 5.10 Å². The van der Waals surface area contributed by atoms with Crippen molar-refractivity contribution >= 4 is 0 Å². The summed E-state index contributed by atoms with van der Waals surface area (Å²) in [6.45, 7) is 8.24. The highest BCUT2D eigenvalue weighted by Gasteiger charge is 2.15. The summed E-state index contributed by atoms with van der Waals surface area (Å²) in [6.07, 6.45) is 8.79. The summed E-state index contributed by atoms with van der Waals surface area (Å²) < 4.78 is 2.00. The Morgan fingerprint density at radius 3 is 2.72 bits per heavy atom. The Morgan fingerprint density at radius 2 is 2.06 bits per heavy atom. The summed E-state index contributed by atoms with van der Waals surface area (Å²) in [4.78, 5) is 4.35. The Labute approximate surface area is 110 Å². The van der Waals surface area contributed by atoms with E-state index in [1.807, 2.05) is 11.0 Å². The van der Waals surface area contributed by atoms with E-state index in [2.05, 4.69) is 36.2 Å². The number of hydrogen-bond donors (Lipinski definition) is 1. The number of nitrogens with one attached hydrogen (secondary N) is 1. The molecule has 0 atom stereocenters. The van der Waals surface area contributed by atoms with Crippen LogP contribution in [0, 0.1) is 5.92 Å². The van der Waals surface area contributed by atoms with Gasteiger partial charge in [0.25, 0.3) is 0 Å². The van der Waals surface area contributed by atoms with Gasteiger partial charge in [0.2, 0.25) is 0 Å². The fourth-order valence-electron chi connectivity index (χ4n) is 2.48. The molecule has 0 unspecified atom stereocenters. The molecule has 4 nitrogen and oxygen atoms in total. The summed E-state index contributed by atoms with van der Waals surface area (Å²) in [5.41, 5.74) is 0.120. The first-order chi connectivity index (χ1) is 8.53. The largest absolute Gasteiger partial charge is 0.305 e. The van der Waals surface area contributed by atoms with Crippen molar-refractivity contribution in [2.75, 3.05) is 0 Å². The number of aryl methyl sites for hydroxylation is 1. The van der Waals surface area contributed by atoms with Crippen LogP contribution in [-0.2, 0) is 13.1 Å². The molecule has 4 heteroatoms. The van der Waals surface area contributed by atoms with Crippen LogP contribution in [-0.4, -0.2) is 20.3 Å². The molecule has 0 aromatic carbocycles. The van der Waals surface area contributed by atoms with Crippen molar-refractivity contribution in [2.45, 2.75) is 71.5 Å². The third-order valence-electron chi connectivity index (χ3n) is 3.60. The van der Waals surface area contributed by atoms with Gasteiger partial charge < -0.3 is 5.32 Å². The molecular formula is C14H26N4. The Kier molecular flexibility index (Phi) is 4.38. The van der Waals surface area contributed by atoms with Crippen LogP contribution in [0.2, 0.25) is 0 Å². The molecule has 1 aromatic heterocycles. The standard InChI is InChI=1S/C14H26N4/c1-14(2,3)16-10-13-15-11-18(17-13)9-8-12-6-4-5-7-12/h11-12,16H,4-10H2,1-3H3. The molecule has 18 heavy (non-hydrogen) atoms. The van der Waals surface area contributed by atoms with E-state index in [0.717, 1.165) is 24.8 Å². The number of rotatable bonds is 5. The van der Waals surface area contributed by atoms with Crippen LogP contribution >= 0.6 is 0 Å². The summed E-state index contributed by atoms with van der Waals surface area (Å²) >= 11 is 0. The third-order valence-corrected chi connectivity index (χ3v) is 3.60. The predicted molar refractivity (Wildman–Crippen MR) is 73.2 cm³/mol. The van der Waals surface area contributed by atoms with Gasteiger partial charge in [-0.3, -0.25) is 4.68 Å². The summed E-state index contributed by atoms with van der Waals surface area (Å²) in [6, 6.07) is 0. The molecule has 1 heterocycles. The molecule has 1 saturated carbocycles. The highest BCUT2D eigenvalue weighted by Crippen LogP contribution is 2.27. The topological polar surface area (TPSA) is 42.7 Å². The van der Waals surface area contributed by atoms with Gasteiger partial charge >= 0.3 is 0 Å². The number of aromatic nitrogens is 3. The molecule has 1 aromatic rings. The fraction of sp³-hybridized carbons (Fsp3) is 0.857. The zero-order valence-electron chi connectivity index (χ0n) is 11.9. The average Bonchev–Trinajstić information content (AvgIpc) is 2.94. The minimum atomic E-state index is 0.120. The molecule has 1 aliphatic carbocycles. The minimum absolute atomic E-state index is 0.120. The molecule has 0 amide bonds. The average molecular weight is 250 g/mol. The third kappa shape index (κ3) is 4.41. The molecule has 0 spiro atoms. The van der Waals surface area contributed by atoms with Gasteiger partial charge in [0.15, 0.2) is 5.82 Å². The van der Waals surface area contributed by atoms with Gasteiger partial charge in [-0.1, -0.05) is 25.7 Å². The van der Waals surface area contributed by atoms with E-state index in [0.29, 0.717) is 0 Å². The SMILES string of the molecule is CC(C)(C)NCc1ncn(CCC2CCCC2)n1. The van der Waals surface area contributed by atoms with Crippen molar-refractivity contribution in [3.05, 3.63) is 12.2 Å². The molecule has 0 radical (unpaired) electrons. The van der Waals surface area contributed by atoms with E-state index in [1.165, 1.54) is 32.1 Å². The zero-order valence-corrected chi connectivity index (χ0v) is 11.9. The highest BCUT2D eigenvalue weighted by atomic mass is 15.3. The Bertz CT molecular complexity index is 358. The van der Waals surface area contributed by atoms with E-state index < -0.39 is 0 Å². The van der Waals surface area contributed by atoms with Crippen molar-refractivity contribution < 1.29 is 0 Å². The molecule has 2 rings (SSSR count). The molecular weight excluding hydrogens is 224 g/mol. The Hall–Kier alpha value is -0.900. The van der Waals surface area contributed by atoms with E-state index >= 15 is 0 Å². The minimum Gasteiger partial charge on any atom is -0.305 e. The lowest BCUT2D eigenvalue weighted by atomic mass is 10.0. The van der Waals surface area contributed by atoms with Crippen LogP contribution in [0.4, 0.5) is 0 Å². The van der Waals surface area contributed by atoms with Gasteiger partial charge in [-0.15, -0.1) is 0 Å². The quantitative estimate of drug-likeness (QED) is 0.873. The Balaban J connectivity index is 1.75. The number of nitrogens with zero attached hydrogens (tertiary/aromatic N) is 3. The maximum atomic E-state index is 4.52. The van der Waals surface area contributed by atoms with Crippen LogP contribution in [0.5, 0.6) is 0 Å². The Morgan fingerprint density at radius 1 is 1.33 bits per heavy atom. The van der Waals surface area contributed by atoms with Crippen molar-refractivity contribution in [1.29, 1.82) is 0 Å². The number of hydrogen-bond acceptors (Lipinski definition) is 3.